The molecule has 0 radical (unpaired) electrons. The first kappa shape index (κ1) is 15.5. The molecule has 6 nitrogen and oxygen atoms in total. The van der Waals surface area contributed by atoms with Crippen molar-refractivity contribution >= 4 is 22.8 Å². The molecule has 2 heterocycles. The quantitative estimate of drug-likeness (QED) is 0.731. The molecule has 0 unspecified atom stereocenters. The first-order chi connectivity index (χ1) is 10.2. The van der Waals surface area contributed by atoms with Gasteiger partial charge in [0.05, 0.1) is 11.6 Å². The fraction of sp³-hybridized carbons (Fsp3) is 0.667. The maximum atomic E-state index is 4.71. The molecular weight excluding hydrogens is 264 g/mol. The number of rotatable bonds is 8. The molecule has 0 saturated heterocycles. The molecule has 2 rings (SSSR count). The summed E-state index contributed by atoms with van der Waals surface area (Å²) in [5.41, 5.74) is 0.789. The molecule has 0 spiro atoms. The molecule has 0 aliphatic carbocycles. The van der Waals surface area contributed by atoms with Crippen molar-refractivity contribution < 1.29 is 0 Å². The summed E-state index contributed by atoms with van der Waals surface area (Å²) in [7, 11) is 0. The molecule has 0 fully saturated rings. The molecule has 0 aliphatic heterocycles. The van der Waals surface area contributed by atoms with Gasteiger partial charge in [-0.25, -0.2) is 0 Å². The van der Waals surface area contributed by atoms with E-state index in [9.17, 15) is 0 Å². The summed E-state index contributed by atoms with van der Waals surface area (Å²) in [6.07, 6.45) is 5.45. The number of fused-ring (bicyclic) bond motifs is 1. The highest BCUT2D eigenvalue weighted by Crippen LogP contribution is 2.26. The Kier molecular flexibility index (Phi) is 5.36. The SMILES string of the molecule is CCCCCN(c1nc(NCC)nc2[nH]ncc12)C(C)C. The van der Waals surface area contributed by atoms with Crippen LogP contribution in [0.4, 0.5) is 11.8 Å². The lowest BCUT2D eigenvalue weighted by Crippen LogP contribution is -2.33. The number of H-pyrrole nitrogens is 1. The molecule has 0 saturated carbocycles. The lowest BCUT2D eigenvalue weighted by molar-refractivity contribution is 0.621. The molecular formula is C15H26N6. The van der Waals surface area contributed by atoms with Crippen molar-refractivity contribution in [3.05, 3.63) is 6.20 Å². The van der Waals surface area contributed by atoms with Gasteiger partial charge in [0.25, 0.3) is 0 Å². The maximum absolute atomic E-state index is 4.71. The van der Waals surface area contributed by atoms with E-state index in [0.717, 1.165) is 29.9 Å². The van der Waals surface area contributed by atoms with Gasteiger partial charge in [-0.05, 0) is 27.2 Å². The topological polar surface area (TPSA) is 69.7 Å². The van der Waals surface area contributed by atoms with Gasteiger partial charge in [0.1, 0.15) is 5.82 Å². The number of unbranched alkanes of at least 4 members (excludes halogenated alkanes) is 2. The van der Waals surface area contributed by atoms with E-state index in [1.165, 1.54) is 19.3 Å². The Hall–Kier alpha value is -1.85. The molecule has 6 heteroatoms. The van der Waals surface area contributed by atoms with E-state index >= 15 is 0 Å². The molecule has 2 aromatic rings. The van der Waals surface area contributed by atoms with E-state index in [1.54, 1.807) is 0 Å². The number of nitrogens with one attached hydrogen (secondary N) is 2. The van der Waals surface area contributed by atoms with Crippen molar-refractivity contribution in [3.8, 4) is 0 Å². The van der Waals surface area contributed by atoms with Crippen LogP contribution < -0.4 is 10.2 Å². The normalized spacial score (nSPS) is 11.3. The van der Waals surface area contributed by atoms with Crippen LogP contribution in [0.1, 0.15) is 47.0 Å². The Morgan fingerprint density at radius 1 is 1.24 bits per heavy atom. The fourth-order valence-electron chi connectivity index (χ4n) is 2.42. The summed E-state index contributed by atoms with van der Waals surface area (Å²) < 4.78 is 0. The minimum atomic E-state index is 0.393. The van der Waals surface area contributed by atoms with Gasteiger partial charge in [-0.3, -0.25) is 5.10 Å². The van der Waals surface area contributed by atoms with E-state index in [1.807, 2.05) is 13.1 Å². The van der Waals surface area contributed by atoms with Crippen LogP contribution in [0.3, 0.4) is 0 Å². The summed E-state index contributed by atoms with van der Waals surface area (Å²) in [6, 6.07) is 0.393. The zero-order valence-corrected chi connectivity index (χ0v) is 13.5. The van der Waals surface area contributed by atoms with Gasteiger partial charge in [0.2, 0.25) is 5.95 Å². The molecule has 0 aliphatic rings. The largest absolute Gasteiger partial charge is 0.354 e. The maximum Gasteiger partial charge on any atom is 0.226 e. The second-order valence-electron chi connectivity index (χ2n) is 5.53. The summed E-state index contributed by atoms with van der Waals surface area (Å²) in [4.78, 5) is 11.5. The summed E-state index contributed by atoms with van der Waals surface area (Å²) >= 11 is 0. The minimum absolute atomic E-state index is 0.393. The monoisotopic (exact) mass is 290 g/mol. The fourth-order valence-corrected chi connectivity index (χ4v) is 2.42. The van der Waals surface area contributed by atoms with Crippen molar-refractivity contribution in [2.45, 2.75) is 53.0 Å². The highest BCUT2D eigenvalue weighted by molar-refractivity contribution is 5.87. The van der Waals surface area contributed by atoms with Crippen LogP contribution in [-0.4, -0.2) is 39.3 Å². The van der Waals surface area contributed by atoms with E-state index in [4.69, 9.17) is 4.98 Å². The Morgan fingerprint density at radius 3 is 2.71 bits per heavy atom. The number of nitrogens with zero attached hydrogens (tertiary/aromatic N) is 4. The average molecular weight is 290 g/mol. The third kappa shape index (κ3) is 3.62. The highest BCUT2D eigenvalue weighted by atomic mass is 15.3. The van der Waals surface area contributed by atoms with Gasteiger partial charge in [-0.15, -0.1) is 0 Å². The van der Waals surface area contributed by atoms with Crippen LogP contribution in [0.25, 0.3) is 11.0 Å². The summed E-state index contributed by atoms with van der Waals surface area (Å²) in [5.74, 6) is 1.63. The smallest absolute Gasteiger partial charge is 0.226 e. The second-order valence-corrected chi connectivity index (χ2v) is 5.53. The van der Waals surface area contributed by atoms with Crippen molar-refractivity contribution in [2.75, 3.05) is 23.3 Å². The standard InChI is InChI=1S/C15H26N6/c1-5-7-8-9-21(11(3)4)14-12-10-17-20-13(12)18-15(19-14)16-6-2/h10-11H,5-9H2,1-4H3,(H2,16,17,18,19,20). The average Bonchev–Trinajstić information content (AvgIpc) is 2.91. The first-order valence-electron chi connectivity index (χ1n) is 7.89. The Labute approximate surface area is 126 Å². The predicted octanol–water partition coefficient (Wildman–Crippen LogP) is 3.19. The molecule has 0 atom stereocenters. The van der Waals surface area contributed by atoms with Crippen molar-refractivity contribution in [3.63, 3.8) is 0 Å². The number of hydrogen-bond donors (Lipinski definition) is 2. The molecule has 0 bridgehead atoms. The van der Waals surface area contributed by atoms with E-state index in [0.29, 0.717) is 12.0 Å². The number of aromatic amines is 1. The van der Waals surface area contributed by atoms with Gasteiger partial charge >= 0.3 is 0 Å². The second kappa shape index (κ2) is 7.24. The lowest BCUT2D eigenvalue weighted by atomic mass is 10.2. The molecule has 21 heavy (non-hydrogen) atoms. The van der Waals surface area contributed by atoms with E-state index in [-0.39, 0.29) is 0 Å². The Balaban J connectivity index is 2.37. The third-order valence-corrected chi connectivity index (χ3v) is 3.52. The van der Waals surface area contributed by atoms with E-state index < -0.39 is 0 Å². The van der Waals surface area contributed by atoms with Crippen molar-refractivity contribution in [1.29, 1.82) is 0 Å². The molecule has 2 N–H and O–H groups in total. The zero-order chi connectivity index (χ0) is 15.2. The van der Waals surface area contributed by atoms with Crippen LogP contribution >= 0.6 is 0 Å². The first-order valence-corrected chi connectivity index (χ1v) is 7.89. The zero-order valence-electron chi connectivity index (χ0n) is 13.5. The molecule has 0 aromatic carbocycles. The Bertz CT molecular complexity index is 562. The minimum Gasteiger partial charge on any atom is -0.354 e. The van der Waals surface area contributed by atoms with E-state index in [2.05, 4.69) is 46.2 Å². The molecule has 0 amide bonds. The molecule has 2 aromatic heterocycles. The molecule has 116 valence electrons. The van der Waals surface area contributed by atoms with Gasteiger partial charge < -0.3 is 10.2 Å². The highest BCUT2D eigenvalue weighted by Gasteiger charge is 2.18. The van der Waals surface area contributed by atoms with Crippen LogP contribution in [0.2, 0.25) is 0 Å². The van der Waals surface area contributed by atoms with Crippen LogP contribution in [0, 0.1) is 0 Å². The van der Waals surface area contributed by atoms with Crippen LogP contribution in [-0.2, 0) is 0 Å². The number of anilines is 2. The predicted molar refractivity (Wildman–Crippen MR) is 87.9 cm³/mol. The van der Waals surface area contributed by atoms with Gasteiger partial charge in [-0.2, -0.15) is 15.1 Å². The van der Waals surface area contributed by atoms with Gasteiger partial charge in [0, 0.05) is 19.1 Å². The third-order valence-electron chi connectivity index (χ3n) is 3.52. The summed E-state index contributed by atoms with van der Waals surface area (Å²) in [6.45, 7) is 10.5. The lowest BCUT2D eigenvalue weighted by Gasteiger charge is -2.28. The number of hydrogen-bond acceptors (Lipinski definition) is 5. The van der Waals surface area contributed by atoms with Crippen LogP contribution in [0.15, 0.2) is 6.20 Å². The van der Waals surface area contributed by atoms with Gasteiger partial charge in [-0.1, -0.05) is 19.8 Å². The Morgan fingerprint density at radius 2 is 2.05 bits per heavy atom. The van der Waals surface area contributed by atoms with Crippen molar-refractivity contribution in [1.82, 2.24) is 20.2 Å². The van der Waals surface area contributed by atoms with Crippen molar-refractivity contribution in [2.24, 2.45) is 0 Å². The van der Waals surface area contributed by atoms with Gasteiger partial charge in [0.15, 0.2) is 5.65 Å². The number of aromatic nitrogens is 4. The van der Waals surface area contributed by atoms with Crippen LogP contribution in [0.5, 0.6) is 0 Å². The summed E-state index contributed by atoms with van der Waals surface area (Å²) in [5, 5.41) is 11.3.